The molecule has 1 aliphatic heterocycles. The molecular weight excluding hydrogens is 466 g/mol. The van der Waals surface area contributed by atoms with Crippen LogP contribution < -0.4 is 15.0 Å². The average molecular weight is 504 g/mol. The molecule has 196 valence electrons. The molecule has 4 rings (SSSR count). The summed E-state index contributed by atoms with van der Waals surface area (Å²) in [5, 5.41) is 23.4. The quantitative estimate of drug-likeness (QED) is 0.394. The van der Waals surface area contributed by atoms with E-state index in [-0.39, 0.29) is 29.4 Å². The van der Waals surface area contributed by atoms with Gasteiger partial charge in [0, 0.05) is 55.6 Å². The summed E-state index contributed by atoms with van der Waals surface area (Å²) < 4.78 is 5.78. The molecule has 0 saturated carbocycles. The number of amides is 1. The maximum atomic E-state index is 12.9. The highest BCUT2D eigenvalue weighted by atomic mass is 16.5. The van der Waals surface area contributed by atoms with Crippen molar-refractivity contribution < 1.29 is 19.7 Å². The van der Waals surface area contributed by atoms with E-state index in [2.05, 4.69) is 29.0 Å². The topological polar surface area (TPSA) is 85.3 Å². The number of carbonyl (C=O) groups excluding carboxylic acids is 1. The summed E-state index contributed by atoms with van der Waals surface area (Å²) in [4.78, 5) is 17.6. The second kappa shape index (κ2) is 11.6. The third-order valence-corrected chi connectivity index (χ3v) is 7.07. The first-order valence-electron chi connectivity index (χ1n) is 12.9. The minimum Gasteiger partial charge on any atom is -0.508 e. The van der Waals surface area contributed by atoms with Crippen molar-refractivity contribution in [1.29, 1.82) is 0 Å². The van der Waals surface area contributed by atoms with Gasteiger partial charge in [-0.3, -0.25) is 9.69 Å². The number of benzene rings is 3. The lowest BCUT2D eigenvalue weighted by Gasteiger charge is -2.42. The van der Waals surface area contributed by atoms with E-state index in [1.165, 1.54) is 6.07 Å². The zero-order valence-corrected chi connectivity index (χ0v) is 22.0. The van der Waals surface area contributed by atoms with Gasteiger partial charge < -0.3 is 25.2 Å². The maximum Gasteiger partial charge on any atom is 0.251 e. The first-order chi connectivity index (χ1) is 17.7. The third-order valence-electron chi connectivity index (χ3n) is 7.07. The van der Waals surface area contributed by atoms with Gasteiger partial charge in [-0.25, -0.2) is 0 Å². The number of nitrogens with one attached hydrogen (secondary N) is 1. The molecular formula is C30H37N3O4. The van der Waals surface area contributed by atoms with Crippen molar-refractivity contribution in [3.05, 3.63) is 77.9 Å². The summed E-state index contributed by atoms with van der Waals surface area (Å²) in [6.45, 7) is 11.9. The molecule has 3 atom stereocenters. The molecule has 1 saturated heterocycles. The Balaban J connectivity index is 1.29. The van der Waals surface area contributed by atoms with Crippen LogP contribution in [0.1, 0.15) is 36.7 Å². The highest BCUT2D eigenvalue weighted by Gasteiger charge is 2.27. The van der Waals surface area contributed by atoms with Crippen LogP contribution >= 0.6 is 0 Å². The van der Waals surface area contributed by atoms with Gasteiger partial charge in [0.2, 0.25) is 0 Å². The van der Waals surface area contributed by atoms with Crippen molar-refractivity contribution in [3.8, 4) is 23.0 Å². The fourth-order valence-corrected chi connectivity index (χ4v) is 4.80. The van der Waals surface area contributed by atoms with Crippen LogP contribution in [-0.4, -0.2) is 59.3 Å². The van der Waals surface area contributed by atoms with Gasteiger partial charge in [0.05, 0.1) is 0 Å². The molecule has 0 bridgehead atoms. The highest BCUT2D eigenvalue weighted by molar-refractivity contribution is 5.95. The largest absolute Gasteiger partial charge is 0.508 e. The number of hydrogen-bond acceptors (Lipinski definition) is 6. The maximum absolute atomic E-state index is 12.9. The third kappa shape index (κ3) is 6.74. The van der Waals surface area contributed by atoms with E-state index in [4.69, 9.17) is 4.74 Å². The number of anilines is 1. The number of carbonyl (C=O) groups is 1. The Kier molecular flexibility index (Phi) is 8.24. The van der Waals surface area contributed by atoms with Crippen LogP contribution in [0.4, 0.5) is 5.69 Å². The van der Waals surface area contributed by atoms with Crippen LogP contribution in [0.2, 0.25) is 0 Å². The SMILES string of the molecule is Cc1cccc(Oc2ccc(C(=O)N[C@@H](C)C(C)CN3CCN(c4cccc(O)c4)[C@@H](C)C3)cc2O)c1. The van der Waals surface area contributed by atoms with Crippen LogP contribution in [0, 0.1) is 12.8 Å². The normalized spacial score (nSPS) is 17.7. The molecule has 3 aromatic carbocycles. The van der Waals surface area contributed by atoms with Crippen LogP contribution in [0.25, 0.3) is 0 Å². The lowest BCUT2D eigenvalue weighted by molar-refractivity contribution is 0.0917. The number of ether oxygens (including phenoxy) is 1. The molecule has 0 spiro atoms. The summed E-state index contributed by atoms with van der Waals surface area (Å²) in [5.41, 5.74) is 2.49. The Hall–Kier alpha value is -3.71. The molecule has 1 unspecified atom stereocenters. The van der Waals surface area contributed by atoms with E-state index in [9.17, 15) is 15.0 Å². The molecule has 3 aromatic rings. The number of phenolic OH excluding ortho intramolecular Hbond substituents is 2. The van der Waals surface area contributed by atoms with Crippen molar-refractivity contribution in [1.82, 2.24) is 10.2 Å². The summed E-state index contributed by atoms with van der Waals surface area (Å²) in [6.07, 6.45) is 0. The van der Waals surface area contributed by atoms with Crippen molar-refractivity contribution in [2.45, 2.75) is 39.8 Å². The molecule has 37 heavy (non-hydrogen) atoms. The number of phenols is 2. The Bertz CT molecular complexity index is 1230. The Labute approximate surface area is 219 Å². The van der Waals surface area contributed by atoms with Crippen LogP contribution in [-0.2, 0) is 0 Å². The average Bonchev–Trinajstić information content (AvgIpc) is 2.85. The summed E-state index contributed by atoms with van der Waals surface area (Å²) >= 11 is 0. The summed E-state index contributed by atoms with van der Waals surface area (Å²) in [5.74, 6) is 1.16. The number of rotatable bonds is 8. The Morgan fingerprint density at radius 2 is 1.84 bits per heavy atom. The molecule has 1 aliphatic rings. The summed E-state index contributed by atoms with van der Waals surface area (Å²) in [7, 11) is 0. The zero-order chi connectivity index (χ0) is 26.5. The highest BCUT2D eigenvalue weighted by Crippen LogP contribution is 2.32. The number of aromatic hydroxyl groups is 2. The van der Waals surface area contributed by atoms with Crippen LogP contribution in [0.15, 0.2) is 66.7 Å². The first kappa shape index (κ1) is 26.4. The lowest BCUT2D eigenvalue weighted by Crippen LogP contribution is -2.54. The van der Waals surface area contributed by atoms with Gasteiger partial charge >= 0.3 is 0 Å². The fraction of sp³-hybridized carbons (Fsp3) is 0.367. The second-order valence-electron chi connectivity index (χ2n) is 10.2. The van der Waals surface area contributed by atoms with Crippen LogP contribution in [0.5, 0.6) is 23.0 Å². The van der Waals surface area contributed by atoms with Gasteiger partial charge in [-0.2, -0.15) is 0 Å². The van der Waals surface area contributed by atoms with Gasteiger partial charge in [-0.05, 0) is 74.7 Å². The van der Waals surface area contributed by atoms with E-state index >= 15 is 0 Å². The standard InChI is InChI=1S/C30H37N3O4/c1-20-7-5-10-27(15-20)37-29-12-11-24(16-28(29)35)30(36)31-23(4)21(2)18-32-13-14-33(22(3)19-32)25-8-6-9-26(34)17-25/h5-12,15-17,21-23,34-35H,13-14,18-19H2,1-4H3,(H,31,36)/t21?,22-,23-/m0/s1. The van der Waals surface area contributed by atoms with E-state index in [1.807, 2.05) is 56.3 Å². The second-order valence-corrected chi connectivity index (χ2v) is 10.2. The van der Waals surface area contributed by atoms with E-state index in [1.54, 1.807) is 18.2 Å². The summed E-state index contributed by atoms with van der Waals surface area (Å²) in [6, 6.07) is 20.0. The first-order valence-corrected chi connectivity index (χ1v) is 12.9. The number of piperazine rings is 1. The minimum absolute atomic E-state index is 0.0442. The van der Waals surface area contributed by atoms with Gasteiger partial charge in [0.1, 0.15) is 11.5 Å². The van der Waals surface area contributed by atoms with Gasteiger partial charge in [0.25, 0.3) is 5.91 Å². The smallest absolute Gasteiger partial charge is 0.251 e. The fourth-order valence-electron chi connectivity index (χ4n) is 4.80. The molecule has 3 N–H and O–H groups in total. The molecule has 7 nitrogen and oxygen atoms in total. The molecule has 0 radical (unpaired) electrons. The molecule has 1 heterocycles. The predicted octanol–water partition coefficient (Wildman–Crippen LogP) is 5.16. The number of nitrogens with zero attached hydrogens (tertiary/aromatic N) is 2. The van der Waals surface area contributed by atoms with E-state index in [0.29, 0.717) is 23.1 Å². The van der Waals surface area contributed by atoms with Crippen molar-refractivity contribution in [2.24, 2.45) is 5.92 Å². The predicted molar refractivity (Wildman–Crippen MR) is 147 cm³/mol. The Morgan fingerprint density at radius 1 is 1.05 bits per heavy atom. The van der Waals surface area contributed by atoms with Gasteiger partial charge in [-0.1, -0.05) is 25.1 Å². The van der Waals surface area contributed by atoms with Gasteiger partial charge in [-0.15, -0.1) is 0 Å². The molecule has 1 amide bonds. The van der Waals surface area contributed by atoms with E-state index in [0.717, 1.165) is 37.4 Å². The Morgan fingerprint density at radius 3 is 2.54 bits per heavy atom. The van der Waals surface area contributed by atoms with Gasteiger partial charge in [0.15, 0.2) is 11.5 Å². The van der Waals surface area contributed by atoms with Crippen molar-refractivity contribution in [2.75, 3.05) is 31.1 Å². The molecule has 0 aliphatic carbocycles. The molecule has 0 aromatic heterocycles. The zero-order valence-electron chi connectivity index (χ0n) is 22.0. The minimum atomic E-state index is -0.223. The number of aryl methyl sites for hydroxylation is 1. The van der Waals surface area contributed by atoms with Crippen LogP contribution in [0.3, 0.4) is 0 Å². The van der Waals surface area contributed by atoms with Crippen molar-refractivity contribution >= 4 is 11.6 Å². The monoisotopic (exact) mass is 503 g/mol. The van der Waals surface area contributed by atoms with Crippen molar-refractivity contribution in [3.63, 3.8) is 0 Å². The van der Waals surface area contributed by atoms with E-state index < -0.39 is 0 Å². The molecule has 7 heteroatoms. The number of hydrogen-bond donors (Lipinski definition) is 3. The molecule has 1 fully saturated rings. The lowest BCUT2D eigenvalue weighted by atomic mass is 10.0.